The van der Waals surface area contributed by atoms with E-state index >= 15 is 0 Å². The maximum atomic E-state index is 14.6. The number of esters is 1. The van der Waals surface area contributed by atoms with Crippen molar-refractivity contribution in [1.82, 2.24) is 9.80 Å². The summed E-state index contributed by atoms with van der Waals surface area (Å²) in [5.41, 5.74) is -0.0785. The van der Waals surface area contributed by atoms with Crippen molar-refractivity contribution in [2.24, 2.45) is 0 Å². The van der Waals surface area contributed by atoms with Gasteiger partial charge in [-0.05, 0) is 38.8 Å². The van der Waals surface area contributed by atoms with Gasteiger partial charge >= 0.3 is 5.97 Å². The molecule has 0 saturated carbocycles. The highest BCUT2D eigenvalue weighted by Gasteiger charge is 2.44. The van der Waals surface area contributed by atoms with Crippen molar-refractivity contribution in [1.29, 1.82) is 0 Å². The molecule has 0 aromatic heterocycles. The summed E-state index contributed by atoms with van der Waals surface area (Å²) < 4.78 is 26.4. The van der Waals surface area contributed by atoms with Crippen LogP contribution in [0.1, 0.15) is 38.3 Å². The SMILES string of the molecule is CCOC(=O)C(c1ccc(Br)cc1F)N1CCC2(CC1)CN(CC)C(=O)CO2. The number of carbonyl (C=O) groups excluding carboxylic acids is 2. The van der Waals surface area contributed by atoms with Gasteiger partial charge in [0.2, 0.25) is 5.91 Å². The van der Waals surface area contributed by atoms with E-state index in [0.29, 0.717) is 49.1 Å². The fourth-order valence-corrected chi connectivity index (χ4v) is 4.32. The third kappa shape index (κ3) is 4.39. The number of morpholine rings is 1. The van der Waals surface area contributed by atoms with Crippen molar-refractivity contribution in [2.75, 3.05) is 39.4 Å². The fraction of sp³-hybridized carbons (Fsp3) is 0.600. The monoisotopic (exact) mass is 456 g/mol. The van der Waals surface area contributed by atoms with E-state index in [9.17, 15) is 14.0 Å². The molecule has 0 bridgehead atoms. The largest absolute Gasteiger partial charge is 0.465 e. The van der Waals surface area contributed by atoms with Crippen molar-refractivity contribution in [2.45, 2.75) is 38.3 Å². The van der Waals surface area contributed by atoms with E-state index in [2.05, 4.69) is 15.9 Å². The number of benzene rings is 1. The van der Waals surface area contributed by atoms with Gasteiger partial charge in [0.25, 0.3) is 0 Å². The van der Waals surface area contributed by atoms with Crippen LogP contribution in [0.5, 0.6) is 0 Å². The molecule has 2 fully saturated rings. The van der Waals surface area contributed by atoms with Gasteiger partial charge in [0.1, 0.15) is 18.5 Å². The first kappa shape index (κ1) is 21.2. The Labute approximate surface area is 173 Å². The summed E-state index contributed by atoms with van der Waals surface area (Å²) in [5, 5.41) is 0. The Morgan fingerprint density at radius 2 is 2.07 bits per heavy atom. The van der Waals surface area contributed by atoms with Crippen LogP contribution in [0, 0.1) is 5.82 Å². The standard InChI is InChI=1S/C20H26BrFN2O4/c1-3-23-13-20(28-12-17(23)25)7-9-24(10-8-20)18(19(26)27-4-2)15-6-5-14(21)11-16(15)22/h5-6,11,18H,3-4,7-10,12-13H2,1-2H3. The van der Waals surface area contributed by atoms with Crippen LogP contribution in [0.4, 0.5) is 4.39 Å². The summed E-state index contributed by atoms with van der Waals surface area (Å²) in [6.45, 7) is 6.37. The topological polar surface area (TPSA) is 59.1 Å². The Balaban J connectivity index is 1.78. The molecule has 3 rings (SSSR count). The average molecular weight is 457 g/mol. The van der Waals surface area contributed by atoms with Crippen molar-refractivity contribution >= 4 is 27.8 Å². The molecule has 0 N–H and O–H groups in total. The molecule has 6 nitrogen and oxygen atoms in total. The van der Waals surface area contributed by atoms with Crippen LogP contribution < -0.4 is 0 Å². The minimum absolute atomic E-state index is 0.0110. The first-order valence-electron chi connectivity index (χ1n) is 9.66. The second kappa shape index (κ2) is 8.88. The number of amides is 1. The molecule has 2 aliphatic heterocycles. The second-order valence-electron chi connectivity index (χ2n) is 7.24. The van der Waals surface area contributed by atoms with Crippen molar-refractivity contribution in [3.8, 4) is 0 Å². The van der Waals surface area contributed by atoms with E-state index in [-0.39, 0.29) is 19.1 Å². The molecule has 0 radical (unpaired) electrons. The van der Waals surface area contributed by atoms with E-state index in [1.165, 1.54) is 6.07 Å². The van der Waals surface area contributed by atoms with Crippen LogP contribution in [0.2, 0.25) is 0 Å². The van der Waals surface area contributed by atoms with Crippen molar-refractivity contribution in [3.05, 3.63) is 34.1 Å². The summed E-state index contributed by atoms with van der Waals surface area (Å²) in [7, 11) is 0. The molecule has 8 heteroatoms. The molecule has 1 spiro atoms. The number of nitrogens with zero attached hydrogens (tertiary/aromatic N) is 2. The van der Waals surface area contributed by atoms with E-state index < -0.39 is 23.4 Å². The molecule has 2 aliphatic rings. The number of hydrogen-bond acceptors (Lipinski definition) is 5. The van der Waals surface area contributed by atoms with Gasteiger partial charge < -0.3 is 14.4 Å². The molecule has 1 atom stereocenters. The molecule has 2 heterocycles. The van der Waals surface area contributed by atoms with Gasteiger partial charge in [0.05, 0.1) is 12.2 Å². The normalized spacial score (nSPS) is 21.0. The third-order valence-corrected chi connectivity index (χ3v) is 6.05. The second-order valence-corrected chi connectivity index (χ2v) is 8.15. The molecular formula is C20H26BrFN2O4. The number of piperidine rings is 1. The van der Waals surface area contributed by atoms with Crippen LogP contribution in [0.15, 0.2) is 22.7 Å². The maximum Gasteiger partial charge on any atom is 0.328 e. The van der Waals surface area contributed by atoms with Crippen LogP contribution in [-0.2, 0) is 19.1 Å². The zero-order chi connectivity index (χ0) is 20.3. The summed E-state index contributed by atoms with van der Waals surface area (Å²) in [6, 6.07) is 3.92. The first-order valence-corrected chi connectivity index (χ1v) is 10.5. The van der Waals surface area contributed by atoms with Gasteiger partial charge in [0, 0.05) is 36.2 Å². The number of hydrogen-bond donors (Lipinski definition) is 0. The Hall–Kier alpha value is -1.51. The van der Waals surface area contributed by atoms with Gasteiger partial charge in [-0.2, -0.15) is 0 Å². The molecule has 1 amide bonds. The van der Waals surface area contributed by atoms with Crippen LogP contribution >= 0.6 is 15.9 Å². The fourth-order valence-electron chi connectivity index (χ4n) is 3.99. The van der Waals surface area contributed by atoms with Crippen LogP contribution in [0.25, 0.3) is 0 Å². The van der Waals surface area contributed by atoms with E-state index in [4.69, 9.17) is 9.47 Å². The molecule has 0 aliphatic carbocycles. The van der Waals surface area contributed by atoms with Crippen molar-refractivity contribution in [3.63, 3.8) is 0 Å². The minimum atomic E-state index is -0.794. The summed E-state index contributed by atoms with van der Waals surface area (Å²) in [6.07, 6.45) is 1.34. The lowest BCUT2D eigenvalue weighted by atomic mass is 9.87. The summed E-state index contributed by atoms with van der Waals surface area (Å²) in [4.78, 5) is 28.3. The van der Waals surface area contributed by atoms with Crippen LogP contribution in [-0.4, -0.2) is 66.7 Å². The lowest BCUT2D eigenvalue weighted by Crippen LogP contribution is -2.59. The van der Waals surface area contributed by atoms with E-state index in [1.54, 1.807) is 19.1 Å². The predicted octanol–water partition coefficient (Wildman–Crippen LogP) is 2.91. The maximum absolute atomic E-state index is 14.6. The quantitative estimate of drug-likeness (QED) is 0.637. The summed E-state index contributed by atoms with van der Waals surface area (Å²) >= 11 is 3.26. The lowest BCUT2D eigenvalue weighted by molar-refractivity contribution is -0.174. The molecule has 1 aromatic rings. The van der Waals surface area contributed by atoms with Gasteiger partial charge in [-0.25, -0.2) is 9.18 Å². The number of rotatable bonds is 5. The molecular weight excluding hydrogens is 431 g/mol. The lowest BCUT2D eigenvalue weighted by Gasteiger charge is -2.47. The number of likely N-dealkylation sites (N-methyl/N-ethyl adjacent to an activating group) is 1. The zero-order valence-electron chi connectivity index (χ0n) is 16.2. The van der Waals surface area contributed by atoms with Gasteiger partial charge in [-0.1, -0.05) is 22.0 Å². The molecule has 1 unspecified atom stereocenters. The molecule has 28 heavy (non-hydrogen) atoms. The van der Waals surface area contributed by atoms with Gasteiger partial charge in [0.15, 0.2) is 0 Å². The number of carbonyl (C=O) groups is 2. The molecule has 2 saturated heterocycles. The Kier molecular flexibility index (Phi) is 6.73. The number of likely N-dealkylation sites (tertiary alicyclic amines) is 1. The minimum Gasteiger partial charge on any atom is -0.465 e. The van der Waals surface area contributed by atoms with Gasteiger partial charge in [-0.15, -0.1) is 0 Å². The highest BCUT2D eigenvalue weighted by atomic mass is 79.9. The van der Waals surface area contributed by atoms with Gasteiger partial charge in [-0.3, -0.25) is 9.69 Å². The number of ether oxygens (including phenoxy) is 2. The average Bonchev–Trinajstić information content (AvgIpc) is 2.67. The number of halogens is 2. The van der Waals surface area contributed by atoms with E-state index in [0.717, 1.165) is 0 Å². The van der Waals surface area contributed by atoms with Crippen molar-refractivity contribution < 1.29 is 23.5 Å². The smallest absolute Gasteiger partial charge is 0.328 e. The Morgan fingerprint density at radius 1 is 1.36 bits per heavy atom. The highest BCUT2D eigenvalue weighted by Crippen LogP contribution is 2.35. The third-order valence-electron chi connectivity index (χ3n) is 5.56. The Bertz CT molecular complexity index is 737. The predicted molar refractivity (Wildman–Crippen MR) is 105 cm³/mol. The van der Waals surface area contributed by atoms with Crippen LogP contribution in [0.3, 0.4) is 0 Å². The first-order chi connectivity index (χ1) is 13.4. The highest BCUT2D eigenvalue weighted by molar-refractivity contribution is 9.10. The Morgan fingerprint density at radius 3 is 2.68 bits per heavy atom. The molecule has 1 aromatic carbocycles. The van der Waals surface area contributed by atoms with E-state index in [1.807, 2.05) is 16.7 Å². The summed E-state index contributed by atoms with van der Waals surface area (Å²) in [5.74, 6) is -0.879. The zero-order valence-corrected chi connectivity index (χ0v) is 17.8. The molecule has 154 valence electrons.